The van der Waals surface area contributed by atoms with Crippen molar-refractivity contribution in [1.29, 1.82) is 0 Å². The van der Waals surface area contributed by atoms with Crippen molar-refractivity contribution in [2.75, 3.05) is 12.4 Å². The van der Waals surface area contributed by atoms with E-state index in [9.17, 15) is 9.59 Å². The third-order valence-corrected chi connectivity index (χ3v) is 6.38. The zero-order chi connectivity index (χ0) is 22.9. The SMILES string of the molecule is COc1cc(C2CC(=O)Nc3ccc4ccccc4c32)ccc1OC(=O)c1ccc(Br)cc1. The first-order valence-electron chi connectivity index (χ1n) is 10.5. The average molecular weight is 502 g/mol. The summed E-state index contributed by atoms with van der Waals surface area (Å²) in [6.07, 6.45) is 0.322. The molecular formula is C27H20BrNO4. The Labute approximate surface area is 199 Å². The predicted molar refractivity (Wildman–Crippen MR) is 131 cm³/mol. The molecule has 33 heavy (non-hydrogen) atoms. The van der Waals surface area contributed by atoms with Crippen LogP contribution >= 0.6 is 15.9 Å². The van der Waals surface area contributed by atoms with E-state index in [2.05, 4.69) is 33.4 Å². The van der Waals surface area contributed by atoms with Crippen LogP contribution in [0, 0.1) is 0 Å². The van der Waals surface area contributed by atoms with Gasteiger partial charge in [-0.2, -0.15) is 0 Å². The highest BCUT2D eigenvalue weighted by Crippen LogP contribution is 2.43. The molecule has 1 amide bonds. The van der Waals surface area contributed by atoms with Crippen molar-refractivity contribution in [1.82, 2.24) is 0 Å². The second-order valence-electron chi connectivity index (χ2n) is 7.86. The van der Waals surface area contributed by atoms with Crippen molar-refractivity contribution in [2.45, 2.75) is 12.3 Å². The molecular weight excluding hydrogens is 482 g/mol. The summed E-state index contributed by atoms with van der Waals surface area (Å²) >= 11 is 3.36. The average Bonchev–Trinajstić information content (AvgIpc) is 2.83. The van der Waals surface area contributed by atoms with Crippen LogP contribution in [0.2, 0.25) is 0 Å². The standard InChI is InChI=1S/C27H20BrNO4/c1-32-24-14-18(9-13-23(24)33-27(31)17-6-10-19(28)11-7-17)21-15-25(30)29-22-12-8-16-4-2-3-5-20(16)26(21)22/h2-14,21H,15H2,1H3,(H,29,30). The molecule has 5 rings (SSSR count). The molecule has 1 aliphatic heterocycles. The number of methoxy groups -OCH3 is 1. The fraction of sp³-hybridized carbons (Fsp3) is 0.111. The van der Waals surface area contributed by atoms with E-state index in [1.165, 1.54) is 7.11 Å². The van der Waals surface area contributed by atoms with Crippen molar-refractivity contribution in [3.05, 3.63) is 100 Å². The van der Waals surface area contributed by atoms with Crippen molar-refractivity contribution in [3.63, 3.8) is 0 Å². The maximum atomic E-state index is 12.6. The van der Waals surface area contributed by atoms with Gasteiger partial charge in [-0.25, -0.2) is 4.79 Å². The summed E-state index contributed by atoms with van der Waals surface area (Å²) in [6, 6.07) is 24.5. The van der Waals surface area contributed by atoms with Gasteiger partial charge in [0, 0.05) is 22.5 Å². The highest BCUT2D eigenvalue weighted by Gasteiger charge is 2.29. The molecule has 0 radical (unpaired) electrons. The summed E-state index contributed by atoms with van der Waals surface area (Å²) in [4.78, 5) is 25.1. The number of carbonyl (C=O) groups is 2. The Morgan fingerprint density at radius 1 is 0.970 bits per heavy atom. The van der Waals surface area contributed by atoms with Gasteiger partial charge in [0.05, 0.1) is 12.7 Å². The predicted octanol–water partition coefficient (Wildman–Crippen LogP) is 6.30. The molecule has 5 nitrogen and oxygen atoms in total. The lowest BCUT2D eigenvalue weighted by Crippen LogP contribution is -2.23. The van der Waals surface area contributed by atoms with Crippen LogP contribution in [0.5, 0.6) is 11.5 Å². The van der Waals surface area contributed by atoms with Gasteiger partial charge in [-0.15, -0.1) is 0 Å². The first-order chi connectivity index (χ1) is 16.0. The number of benzene rings is 4. The Morgan fingerprint density at radius 2 is 1.76 bits per heavy atom. The summed E-state index contributed by atoms with van der Waals surface area (Å²) in [7, 11) is 1.53. The molecule has 0 bridgehead atoms. The van der Waals surface area contributed by atoms with Gasteiger partial charge < -0.3 is 14.8 Å². The summed E-state index contributed by atoms with van der Waals surface area (Å²) in [6.45, 7) is 0. The van der Waals surface area contributed by atoms with Crippen LogP contribution in [0.3, 0.4) is 0 Å². The zero-order valence-electron chi connectivity index (χ0n) is 17.8. The molecule has 0 saturated carbocycles. The topological polar surface area (TPSA) is 64.6 Å². The van der Waals surface area contributed by atoms with E-state index in [1.54, 1.807) is 30.3 Å². The zero-order valence-corrected chi connectivity index (χ0v) is 19.4. The summed E-state index contributed by atoms with van der Waals surface area (Å²) in [5.41, 5.74) is 3.26. The minimum Gasteiger partial charge on any atom is -0.493 e. The smallest absolute Gasteiger partial charge is 0.343 e. The van der Waals surface area contributed by atoms with E-state index < -0.39 is 5.97 Å². The highest BCUT2D eigenvalue weighted by molar-refractivity contribution is 9.10. The molecule has 0 saturated heterocycles. The number of ether oxygens (including phenoxy) is 2. The number of hydrogen-bond donors (Lipinski definition) is 1. The lowest BCUT2D eigenvalue weighted by molar-refractivity contribution is -0.116. The maximum absolute atomic E-state index is 12.6. The van der Waals surface area contributed by atoms with Crippen molar-refractivity contribution in [3.8, 4) is 11.5 Å². The largest absolute Gasteiger partial charge is 0.493 e. The van der Waals surface area contributed by atoms with E-state index in [1.807, 2.05) is 36.4 Å². The van der Waals surface area contributed by atoms with E-state index >= 15 is 0 Å². The number of amides is 1. The quantitative estimate of drug-likeness (QED) is 0.263. The van der Waals surface area contributed by atoms with Crippen LogP contribution < -0.4 is 14.8 Å². The van der Waals surface area contributed by atoms with E-state index in [-0.39, 0.29) is 11.8 Å². The van der Waals surface area contributed by atoms with Crippen LogP contribution in [0.4, 0.5) is 5.69 Å². The minimum absolute atomic E-state index is 0.0347. The van der Waals surface area contributed by atoms with Gasteiger partial charge in [0.15, 0.2) is 11.5 Å². The number of halogens is 1. The molecule has 0 aliphatic carbocycles. The van der Waals surface area contributed by atoms with Crippen molar-refractivity contribution < 1.29 is 19.1 Å². The Kier molecular flexibility index (Phi) is 5.60. The number of carbonyl (C=O) groups excluding carboxylic acids is 2. The fourth-order valence-electron chi connectivity index (χ4n) is 4.28. The van der Waals surface area contributed by atoms with Crippen LogP contribution in [-0.2, 0) is 4.79 Å². The van der Waals surface area contributed by atoms with Gasteiger partial charge in [-0.3, -0.25) is 4.79 Å². The molecule has 6 heteroatoms. The van der Waals surface area contributed by atoms with Gasteiger partial charge in [0.25, 0.3) is 0 Å². The summed E-state index contributed by atoms with van der Waals surface area (Å²) in [5, 5.41) is 5.21. The molecule has 4 aromatic carbocycles. The van der Waals surface area contributed by atoms with Crippen LogP contribution in [0.15, 0.2) is 83.3 Å². The van der Waals surface area contributed by atoms with Gasteiger partial charge >= 0.3 is 5.97 Å². The maximum Gasteiger partial charge on any atom is 0.343 e. The van der Waals surface area contributed by atoms with Gasteiger partial charge in [0.2, 0.25) is 5.91 Å². The number of esters is 1. The summed E-state index contributed by atoms with van der Waals surface area (Å²) < 4.78 is 12.0. The second kappa shape index (κ2) is 8.71. The lowest BCUT2D eigenvalue weighted by atomic mass is 9.82. The first-order valence-corrected chi connectivity index (χ1v) is 11.3. The first kappa shape index (κ1) is 21.2. The third kappa shape index (κ3) is 4.10. The Bertz CT molecular complexity index is 1380. The molecule has 0 aromatic heterocycles. The summed E-state index contributed by atoms with van der Waals surface area (Å²) in [5.74, 6) is 0.109. The van der Waals surface area contributed by atoms with Gasteiger partial charge in [-0.1, -0.05) is 52.3 Å². The Balaban J connectivity index is 1.52. The van der Waals surface area contributed by atoms with Gasteiger partial charge in [-0.05, 0) is 64.4 Å². The third-order valence-electron chi connectivity index (χ3n) is 5.86. The molecule has 1 aliphatic rings. The molecule has 4 aromatic rings. The number of rotatable bonds is 4. The van der Waals surface area contributed by atoms with E-state index in [0.29, 0.717) is 23.5 Å². The van der Waals surface area contributed by atoms with Crippen LogP contribution in [-0.4, -0.2) is 19.0 Å². The van der Waals surface area contributed by atoms with E-state index in [0.717, 1.165) is 32.1 Å². The van der Waals surface area contributed by atoms with Crippen molar-refractivity contribution in [2.24, 2.45) is 0 Å². The monoisotopic (exact) mass is 501 g/mol. The highest BCUT2D eigenvalue weighted by atomic mass is 79.9. The number of fused-ring (bicyclic) bond motifs is 3. The Morgan fingerprint density at radius 3 is 2.55 bits per heavy atom. The number of nitrogens with one attached hydrogen (secondary N) is 1. The van der Waals surface area contributed by atoms with Crippen LogP contribution in [0.25, 0.3) is 10.8 Å². The lowest BCUT2D eigenvalue weighted by Gasteiger charge is -2.28. The molecule has 1 heterocycles. The number of anilines is 1. The second-order valence-corrected chi connectivity index (χ2v) is 8.78. The number of hydrogen-bond acceptors (Lipinski definition) is 4. The van der Waals surface area contributed by atoms with E-state index in [4.69, 9.17) is 9.47 Å². The molecule has 0 fully saturated rings. The molecule has 1 atom stereocenters. The van der Waals surface area contributed by atoms with Crippen LogP contribution in [0.1, 0.15) is 33.8 Å². The molecule has 1 unspecified atom stereocenters. The molecule has 0 spiro atoms. The van der Waals surface area contributed by atoms with Gasteiger partial charge in [0.1, 0.15) is 0 Å². The Hall–Kier alpha value is -3.64. The minimum atomic E-state index is -0.470. The van der Waals surface area contributed by atoms with Crippen molar-refractivity contribution >= 4 is 44.3 Å². The molecule has 1 N–H and O–H groups in total. The normalized spacial score (nSPS) is 15.0. The molecule has 164 valence electrons. The fourth-order valence-corrected chi connectivity index (χ4v) is 4.55.